The Hall–Kier alpha value is -2.04. The maximum absolute atomic E-state index is 13.3. The lowest BCUT2D eigenvalue weighted by molar-refractivity contribution is 0.547. The monoisotopic (exact) mass is 252 g/mol. The van der Waals surface area contributed by atoms with E-state index in [9.17, 15) is 13.2 Å². The summed E-state index contributed by atoms with van der Waals surface area (Å²) in [4.78, 5) is 3.87. The number of pyridine rings is 1. The molecule has 1 aromatic carbocycles. The van der Waals surface area contributed by atoms with Crippen molar-refractivity contribution in [2.24, 2.45) is 0 Å². The quantitative estimate of drug-likeness (QED) is 0.904. The first-order valence-electron chi connectivity index (χ1n) is 5.44. The van der Waals surface area contributed by atoms with Crippen molar-refractivity contribution in [3.05, 3.63) is 59.7 Å². The predicted octanol–water partition coefficient (Wildman–Crippen LogP) is 3.15. The molecule has 5 heteroatoms. The molecule has 2 nitrogen and oxygen atoms in total. The van der Waals surface area contributed by atoms with E-state index in [2.05, 4.69) is 10.3 Å². The van der Waals surface area contributed by atoms with Gasteiger partial charge in [-0.1, -0.05) is 0 Å². The van der Waals surface area contributed by atoms with Crippen LogP contribution in [0.25, 0.3) is 0 Å². The molecular weight excluding hydrogens is 241 g/mol. The van der Waals surface area contributed by atoms with Crippen molar-refractivity contribution < 1.29 is 13.2 Å². The number of nitrogens with zero attached hydrogens (tertiary/aromatic N) is 1. The summed E-state index contributed by atoms with van der Waals surface area (Å²) in [7, 11) is 0. The number of hydrogen-bond acceptors (Lipinski definition) is 2. The highest BCUT2D eigenvalue weighted by atomic mass is 19.1. The van der Waals surface area contributed by atoms with Crippen LogP contribution in [0, 0.1) is 17.5 Å². The Labute approximate surface area is 102 Å². The molecule has 0 aliphatic rings. The van der Waals surface area contributed by atoms with Gasteiger partial charge in [0, 0.05) is 31.1 Å². The molecule has 0 spiro atoms. The molecule has 0 saturated carbocycles. The maximum Gasteiger partial charge on any atom is 0.152 e. The molecule has 1 heterocycles. The second-order valence-electron chi connectivity index (χ2n) is 3.78. The number of rotatable bonds is 4. The lowest BCUT2D eigenvalue weighted by Crippen LogP contribution is -2.08. The van der Waals surface area contributed by atoms with Gasteiger partial charge in [0.1, 0.15) is 11.5 Å². The summed E-state index contributed by atoms with van der Waals surface area (Å²) >= 11 is 0. The van der Waals surface area contributed by atoms with E-state index in [1.165, 1.54) is 0 Å². The summed E-state index contributed by atoms with van der Waals surface area (Å²) in [6.45, 7) is 0.351. The van der Waals surface area contributed by atoms with E-state index in [4.69, 9.17) is 0 Å². The standard InChI is InChI=1S/C13H11F3N2/c14-10-7-11(15)13(12(16)8-10)18-6-3-9-1-4-17-5-2-9/h1-2,4-5,7-8,18H,3,6H2. The average Bonchev–Trinajstić information content (AvgIpc) is 2.34. The van der Waals surface area contributed by atoms with Gasteiger partial charge in [-0.05, 0) is 24.1 Å². The molecule has 0 amide bonds. The Morgan fingerprint density at radius 2 is 1.61 bits per heavy atom. The van der Waals surface area contributed by atoms with E-state index in [-0.39, 0.29) is 5.69 Å². The van der Waals surface area contributed by atoms with E-state index in [1.807, 2.05) is 12.1 Å². The average molecular weight is 252 g/mol. The van der Waals surface area contributed by atoms with Gasteiger partial charge in [0.2, 0.25) is 0 Å². The van der Waals surface area contributed by atoms with E-state index >= 15 is 0 Å². The number of anilines is 1. The van der Waals surface area contributed by atoms with Crippen LogP contribution in [0.1, 0.15) is 5.56 Å². The van der Waals surface area contributed by atoms with Gasteiger partial charge in [-0.25, -0.2) is 13.2 Å². The molecule has 2 aromatic rings. The Bertz CT molecular complexity index is 506. The van der Waals surface area contributed by atoms with Crippen LogP contribution in [0.4, 0.5) is 18.9 Å². The number of benzene rings is 1. The van der Waals surface area contributed by atoms with Gasteiger partial charge in [-0.2, -0.15) is 0 Å². The molecule has 18 heavy (non-hydrogen) atoms. The van der Waals surface area contributed by atoms with E-state index in [1.54, 1.807) is 12.4 Å². The molecule has 2 rings (SSSR count). The van der Waals surface area contributed by atoms with E-state index in [0.29, 0.717) is 25.1 Å². The Morgan fingerprint density at radius 1 is 1.00 bits per heavy atom. The summed E-state index contributed by atoms with van der Waals surface area (Å²) in [6, 6.07) is 4.94. The van der Waals surface area contributed by atoms with Gasteiger partial charge in [0.25, 0.3) is 0 Å². The SMILES string of the molecule is Fc1cc(F)c(NCCc2ccncc2)c(F)c1. The first kappa shape index (κ1) is 12.4. The first-order valence-corrected chi connectivity index (χ1v) is 5.44. The summed E-state index contributed by atoms with van der Waals surface area (Å²) in [6.07, 6.45) is 3.89. The van der Waals surface area contributed by atoms with Crippen molar-refractivity contribution >= 4 is 5.69 Å². The van der Waals surface area contributed by atoms with Crippen LogP contribution >= 0.6 is 0 Å². The minimum atomic E-state index is -0.928. The third-order valence-electron chi connectivity index (χ3n) is 2.47. The molecule has 0 saturated heterocycles. The van der Waals surface area contributed by atoms with E-state index in [0.717, 1.165) is 5.56 Å². The highest BCUT2D eigenvalue weighted by Crippen LogP contribution is 2.19. The summed E-state index contributed by atoms with van der Waals surface area (Å²) in [5.74, 6) is -2.78. The Balaban J connectivity index is 1.99. The normalized spacial score (nSPS) is 10.4. The molecule has 0 radical (unpaired) electrons. The molecule has 94 valence electrons. The zero-order valence-electron chi connectivity index (χ0n) is 9.46. The van der Waals surface area contributed by atoms with Crippen LogP contribution < -0.4 is 5.32 Å². The van der Waals surface area contributed by atoms with Gasteiger partial charge >= 0.3 is 0 Å². The minimum Gasteiger partial charge on any atom is -0.380 e. The van der Waals surface area contributed by atoms with Crippen molar-refractivity contribution in [2.45, 2.75) is 6.42 Å². The second kappa shape index (κ2) is 5.53. The fraction of sp³-hybridized carbons (Fsp3) is 0.154. The smallest absolute Gasteiger partial charge is 0.152 e. The molecule has 0 aliphatic carbocycles. The van der Waals surface area contributed by atoms with Crippen LogP contribution in [0.3, 0.4) is 0 Å². The minimum absolute atomic E-state index is 0.301. The third-order valence-corrected chi connectivity index (χ3v) is 2.47. The molecule has 1 aromatic heterocycles. The van der Waals surface area contributed by atoms with Crippen molar-refractivity contribution in [3.63, 3.8) is 0 Å². The van der Waals surface area contributed by atoms with Crippen LogP contribution in [-0.2, 0) is 6.42 Å². The van der Waals surface area contributed by atoms with Gasteiger partial charge in [-0.3, -0.25) is 4.98 Å². The Morgan fingerprint density at radius 3 is 2.22 bits per heavy atom. The van der Waals surface area contributed by atoms with Gasteiger partial charge < -0.3 is 5.32 Å². The number of aromatic nitrogens is 1. The lowest BCUT2D eigenvalue weighted by atomic mass is 10.2. The van der Waals surface area contributed by atoms with Crippen molar-refractivity contribution in [1.82, 2.24) is 4.98 Å². The molecular formula is C13H11F3N2. The maximum atomic E-state index is 13.3. The molecule has 0 fully saturated rings. The highest BCUT2D eigenvalue weighted by molar-refractivity contribution is 5.46. The van der Waals surface area contributed by atoms with Crippen molar-refractivity contribution in [3.8, 4) is 0 Å². The second-order valence-corrected chi connectivity index (χ2v) is 3.78. The van der Waals surface area contributed by atoms with Crippen LogP contribution in [0.5, 0.6) is 0 Å². The summed E-state index contributed by atoms with van der Waals surface area (Å²) in [5.41, 5.74) is 0.700. The third kappa shape index (κ3) is 3.00. The molecule has 0 bridgehead atoms. The number of nitrogens with one attached hydrogen (secondary N) is 1. The van der Waals surface area contributed by atoms with Crippen LogP contribution in [0.15, 0.2) is 36.7 Å². The fourth-order valence-electron chi connectivity index (χ4n) is 1.59. The predicted molar refractivity (Wildman–Crippen MR) is 62.7 cm³/mol. The molecule has 0 aliphatic heterocycles. The highest BCUT2D eigenvalue weighted by Gasteiger charge is 2.10. The van der Waals surface area contributed by atoms with Crippen LogP contribution in [0.2, 0.25) is 0 Å². The molecule has 0 unspecified atom stereocenters. The summed E-state index contributed by atoms with van der Waals surface area (Å²) in [5, 5.41) is 2.62. The van der Waals surface area contributed by atoms with Gasteiger partial charge in [-0.15, -0.1) is 0 Å². The van der Waals surface area contributed by atoms with Crippen LogP contribution in [-0.4, -0.2) is 11.5 Å². The van der Waals surface area contributed by atoms with Crippen molar-refractivity contribution in [2.75, 3.05) is 11.9 Å². The van der Waals surface area contributed by atoms with Crippen molar-refractivity contribution in [1.29, 1.82) is 0 Å². The Kier molecular flexibility index (Phi) is 3.82. The largest absolute Gasteiger partial charge is 0.380 e. The van der Waals surface area contributed by atoms with E-state index < -0.39 is 17.5 Å². The van der Waals surface area contributed by atoms with Gasteiger partial charge in [0.05, 0.1) is 0 Å². The molecule has 1 N–H and O–H groups in total. The summed E-state index contributed by atoms with van der Waals surface area (Å²) < 4.78 is 39.2. The van der Waals surface area contributed by atoms with Gasteiger partial charge in [0.15, 0.2) is 11.6 Å². The fourth-order valence-corrected chi connectivity index (χ4v) is 1.59. The zero-order chi connectivity index (χ0) is 13.0. The topological polar surface area (TPSA) is 24.9 Å². The number of halogens is 3. The first-order chi connectivity index (χ1) is 8.66. The lowest BCUT2D eigenvalue weighted by Gasteiger charge is -2.08. The number of hydrogen-bond donors (Lipinski definition) is 1. The zero-order valence-corrected chi connectivity index (χ0v) is 9.46. The molecule has 0 atom stereocenters.